The van der Waals surface area contributed by atoms with Crippen molar-refractivity contribution in [1.29, 1.82) is 0 Å². The molecule has 10 rings (SSSR count). The van der Waals surface area contributed by atoms with E-state index in [-0.39, 0.29) is 0 Å². The van der Waals surface area contributed by atoms with Gasteiger partial charge in [0.25, 0.3) is 0 Å². The van der Waals surface area contributed by atoms with E-state index in [0.29, 0.717) is 34.4 Å². The average molecular weight is 770 g/mol. The van der Waals surface area contributed by atoms with Crippen LogP contribution in [0.25, 0.3) is 102 Å². The molecule has 5 heterocycles. The van der Waals surface area contributed by atoms with Crippen LogP contribution in [0.2, 0.25) is 0 Å². The standard InChI is InChI=1S/C53H35N7/c1-6-17-36(18-7-1)42-32-49(48-31-41(28-30-54-48)47-35-44(37-19-8-2-9-20-37)57-52(58-47)40-25-14-5-15-26-40)56-50(33-42)51-43(27-16-29-55-51)53-59-45(38-21-10-3-11-22-38)34-46(60-53)39-23-12-4-13-24-39/h1-35H. The minimum atomic E-state index is 0.555. The molecule has 282 valence electrons. The second kappa shape index (κ2) is 16.3. The molecular weight excluding hydrogens is 735 g/mol. The first-order chi connectivity index (χ1) is 29.7. The lowest BCUT2D eigenvalue weighted by molar-refractivity contribution is 1.16. The van der Waals surface area contributed by atoms with Gasteiger partial charge in [0.05, 0.1) is 45.6 Å². The number of nitrogens with zero attached hydrogens (tertiary/aromatic N) is 7. The molecule has 0 aliphatic heterocycles. The normalized spacial score (nSPS) is 11.0. The third-order valence-electron chi connectivity index (χ3n) is 10.2. The molecule has 0 N–H and O–H groups in total. The summed E-state index contributed by atoms with van der Waals surface area (Å²) in [5.41, 5.74) is 13.6. The number of pyridine rings is 3. The first kappa shape index (κ1) is 36.1. The molecule has 5 aromatic heterocycles. The second-order valence-corrected chi connectivity index (χ2v) is 14.2. The molecule has 0 bridgehead atoms. The van der Waals surface area contributed by atoms with Crippen LogP contribution in [0.15, 0.2) is 213 Å². The van der Waals surface area contributed by atoms with Gasteiger partial charge in [-0.15, -0.1) is 0 Å². The van der Waals surface area contributed by atoms with E-state index in [1.54, 1.807) is 6.20 Å². The largest absolute Gasteiger partial charge is 0.255 e. The Morgan fingerprint density at radius 2 is 0.683 bits per heavy atom. The lowest BCUT2D eigenvalue weighted by atomic mass is 10.0. The summed E-state index contributed by atoms with van der Waals surface area (Å²) in [4.78, 5) is 35.5. The molecule has 0 radical (unpaired) electrons. The van der Waals surface area contributed by atoms with E-state index in [1.807, 2.05) is 146 Å². The average Bonchev–Trinajstić information content (AvgIpc) is 3.35. The SMILES string of the molecule is c1ccc(-c2cc(-c3cc(-c4cc(-c5ccccc5)nc(-c5ccccc5)n4)ccn3)nc(-c3ncccc3-c3nc(-c4ccccc4)cc(-c4ccccc4)n3)c2)cc1. The third kappa shape index (κ3) is 7.58. The molecule has 10 aromatic rings. The Labute approximate surface area is 347 Å². The van der Waals surface area contributed by atoms with Gasteiger partial charge in [-0.2, -0.15) is 0 Å². The summed E-state index contributed by atoms with van der Waals surface area (Å²) in [5, 5.41) is 0. The molecule has 0 aliphatic rings. The van der Waals surface area contributed by atoms with Gasteiger partial charge in [-0.1, -0.05) is 152 Å². The first-order valence-electron chi connectivity index (χ1n) is 19.7. The van der Waals surface area contributed by atoms with Crippen molar-refractivity contribution in [3.8, 4) is 102 Å². The summed E-state index contributed by atoms with van der Waals surface area (Å²) in [6.45, 7) is 0. The molecule has 0 atom stereocenters. The highest BCUT2D eigenvalue weighted by molar-refractivity contribution is 5.83. The minimum Gasteiger partial charge on any atom is -0.255 e. The van der Waals surface area contributed by atoms with Crippen molar-refractivity contribution in [1.82, 2.24) is 34.9 Å². The van der Waals surface area contributed by atoms with Gasteiger partial charge in [-0.3, -0.25) is 9.97 Å². The van der Waals surface area contributed by atoms with E-state index in [0.717, 1.165) is 67.3 Å². The lowest BCUT2D eigenvalue weighted by Gasteiger charge is -2.14. The van der Waals surface area contributed by atoms with Crippen LogP contribution in [0.5, 0.6) is 0 Å². The van der Waals surface area contributed by atoms with Crippen LogP contribution < -0.4 is 0 Å². The fourth-order valence-corrected chi connectivity index (χ4v) is 7.25. The molecule has 0 amide bonds. The topological polar surface area (TPSA) is 90.2 Å². The summed E-state index contributed by atoms with van der Waals surface area (Å²) in [6, 6.07) is 67.1. The van der Waals surface area contributed by atoms with Crippen LogP contribution in [0.3, 0.4) is 0 Å². The fraction of sp³-hybridized carbons (Fsp3) is 0. The zero-order valence-electron chi connectivity index (χ0n) is 32.3. The van der Waals surface area contributed by atoms with Gasteiger partial charge < -0.3 is 0 Å². The Morgan fingerprint density at radius 3 is 1.23 bits per heavy atom. The van der Waals surface area contributed by atoms with Crippen molar-refractivity contribution in [3.05, 3.63) is 213 Å². The summed E-state index contributed by atoms with van der Waals surface area (Å²) in [7, 11) is 0. The number of hydrogen-bond acceptors (Lipinski definition) is 7. The van der Waals surface area contributed by atoms with Crippen LogP contribution >= 0.6 is 0 Å². The Morgan fingerprint density at radius 1 is 0.233 bits per heavy atom. The molecule has 0 aliphatic carbocycles. The Balaban J connectivity index is 1.13. The van der Waals surface area contributed by atoms with Gasteiger partial charge in [0.2, 0.25) is 0 Å². The van der Waals surface area contributed by atoms with Gasteiger partial charge in [0.1, 0.15) is 0 Å². The maximum atomic E-state index is 5.30. The predicted octanol–water partition coefficient (Wildman–Crippen LogP) is 12.5. The molecule has 0 saturated carbocycles. The van der Waals surface area contributed by atoms with Crippen molar-refractivity contribution in [3.63, 3.8) is 0 Å². The maximum absolute atomic E-state index is 5.30. The molecule has 7 heteroatoms. The van der Waals surface area contributed by atoms with Crippen LogP contribution in [-0.2, 0) is 0 Å². The third-order valence-corrected chi connectivity index (χ3v) is 10.2. The fourth-order valence-electron chi connectivity index (χ4n) is 7.25. The number of rotatable bonds is 9. The number of hydrogen-bond donors (Lipinski definition) is 0. The van der Waals surface area contributed by atoms with E-state index in [2.05, 4.69) is 60.7 Å². The van der Waals surface area contributed by atoms with Gasteiger partial charge >= 0.3 is 0 Å². The number of benzene rings is 5. The highest BCUT2D eigenvalue weighted by atomic mass is 14.9. The molecule has 5 aromatic carbocycles. The zero-order valence-corrected chi connectivity index (χ0v) is 32.3. The zero-order chi connectivity index (χ0) is 40.1. The predicted molar refractivity (Wildman–Crippen MR) is 240 cm³/mol. The molecule has 7 nitrogen and oxygen atoms in total. The van der Waals surface area contributed by atoms with Crippen molar-refractivity contribution < 1.29 is 0 Å². The van der Waals surface area contributed by atoms with E-state index in [9.17, 15) is 0 Å². The van der Waals surface area contributed by atoms with Crippen molar-refractivity contribution in [2.24, 2.45) is 0 Å². The van der Waals surface area contributed by atoms with Gasteiger partial charge in [0.15, 0.2) is 11.6 Å². The van der Waals surface area contributed by atoms with Gasteiger partial charge in [-0.25, -0.2) is 24.9 Å². The smallest absolute Gasteiger partial charge is 0.162 e. The summed E-state index contributed by atoms with van der Waals surface area (Å²) < 4.78 is 0. The van der Waals surface area contributed by atoms with Crippen LogP contribution in [-0.4, -0.2) is 34.9 Å². The Hall–Kier alpha value is -8.29. The monoisotopic (exact) mass is 769 g/mol. The lowest BCUT2D eigenvalue weighted by Crippen LogP contribution is -2.00. The minimum absolute atomic E-state index is 0.555. The summed E-state index contributed by atoms with van der Waals surface area (Å²) >= 11 is 0. The highest BCUT2D eigenvalue weighted by Gasteiger charge is 2.19. The Bertz CT molecular complexity index is 2950. The van der Waals surface area contributed by atoms with Crippen LogP contribution in [0.4, 0.5) is 0 Å². The van der Waals surface area contributed by atoms with Gasteiger partial charge in [0, 0.05) is 45.8 Å². The second-order valence-electron chi connectivity index (χ2n) is 14.2. The molecule has 60 heavy (non-hydrogen) atoms. The Kier molecular flexibility index (Phi) is 9.79. The molecule has 0 saturated heterocycles. The van der Waals surface area contributed by atoms with Crippen LogP contribution in [0, 0.1) is 0 Å². The molecule has 0 fully saturated rings. The van der Waals surface area contributed by atoms with Crippen molar-refractivity contribution in [2.75, 3.05) is 0 Å². The van der Waals surface area contributed by atoms with Crippen LogP contribution in [0.1, 0.15) is 0 Å². The van der Waals surface area contributed by atoms with Crippen molar-refractivity contribution in [2.45, 2.75) is 0 Å². The first-order valence-corrected chi connectivity index (χ1v) is 19.7. The van der Waals surface area contributed by atoms with E-state index < -0.39 is 0 Å². The van der Waals surface area contributed by atoms with E-state index in [1.165, 1.54) is 0 Å². The summed E-state index contributed by atoms with van der Waals surface area (Å²) in [6.07, 6.45) is 3.60. The quantitative estimate of drug-likeness (QED) is 0.144. The number of aromatic nitrogens is 7. The molecule has 0 unspecified atom stereocenters. The van der Waals surface area contributed by atoms with E-state index in [4.69, 9.17) is 34.9 Å². The van der Waals surface area contributed by atoms with E-state index >= 15 is 0 Å². The maximum Gasteiger partial charge on any atom is 0.162 e. The van der Waals surface area contributed by atoms with Crippen molar-refractivity contribution >= 4 is 0 Å². The highest BCUT2D eigenvalue weighted by Crippen LogP contribution is 2.36. The molecular formula is C53H35N7. The summed E-state index contributed by atoms with van der Waals surface area (Å²) in [5.74, 6) is 1.20. The molecule has 0 spiro atoms. The van der Waals surface area contributed by atoms with Gasteiger partial charge in [-0.05, 0) is 59.7 Å².